The number of amides is 1. The zero-order valence-corrected chi connectivity index (χ0v) is 14.6. The SMILES string of the molecule is CCN(CC)C(=O)C1C=C(c2ccc(F)c3cc[nH]c23)C(CO)NC1. The van der Waals surface area contributed by atoms with E-state index >= 15 is 0 Å². The van der Waals surface area contributed by atoms with Crippen molar-refractivity contribution in [2.24, 2.45) is 5.92 Å². The molecule has 5 nitrogen and oxygen atoms in total. The number of aliphatic hydroxyl groups excluding tert-OH is 1. The molecule has 134 valence electrons. The number of nitrogens with zero attached hydrogens (tertiary/aromatic N) is 1. The molecule has 0 fully saturated rings. The number of halogens is 1. The summed E-state index contributed by atoms with van der Waals surface area (Å²) in [6.45, 7) is 5.64. The number of rotatable bonds is 5. The largest absolute Gasteiger partial charge is 0.394 e. The Labute approximate surface area is 146 Å². The first-order valence-electron chi connectivity index (χ1n) is 8.71. The van der Waals surface area contributed by atoms with Gasteiger partial charge in [-0.2, -0.15) is 0 Å². The molecule has 25 heavy (non-hydrogen) atoms. The Morgan fingerprint density at radius 3 is 2.76 bits per heavy atom. The fraction of sp³-hybridized carbons (Fsp3) is 0.421. The maximum Gasteiger partial charge on any atom is 0.230 e. The van der Waals surface area contributed by atoms with Crippen molar-refractivity contribution in [2.45, 2.75) is 19.9 Å². The van der Waals surface area contributed by atoms with Crippen LogP contribution in [0.3, 0.4) is 0 Å². The van der Waals surface area contributed by atoms with Gasteiger partial charge in [-0.3, -0.25) is 4.79 Å². The summed E-state index contributed by atoms with van der Waals surface area (Å²) in [7, 11) is 0. The third-order valence-corrected chi connectivity index (χ3v) is 4.90. The minimum Gasteiger partial charge on any atom is -0.394 e. The summed E-state index contributed by atoms with van der Waals surface area (Å²) in [4.78, 5) is 17.6. The van der Waals surface area contributed by atoms with Crippen LogP contribution in [0.25, 0.3) is 16.5 Å². The molecule has 0 bridgehead atoms. The maximum absolute atomic E-state index is 14.0. The highest BCUT2D eigenvalue weighted by Crippen LogP contribution is 2.31. The van der Waals surface area contributed by atoms with Crippen LogP contribution in [0.1, 0.15) is 19.4 Å². The van der Waals surface area contributed by atoms with Gasteiger partial charge in [0.2, 0.25) is 5.91 Å². The number of carbonyl (C=O) groups is 1. The lowest BCUT2D eigenvalue weighted by Gasteiger charge is -2.31. The highest BCUT2D eigenvalue weighted by atomic mass is 19.1. The predicted molar refractivity (Wildman–Crippen MR) is 96.5 cm³/mol. The number of nitrogens with one attached hydrogen (secondary N) is 2. The van der Waals surface area contributed by atoms with Gasteiger partial charge < -0.3 is 20.3 Å². The first-order valence-corrected chi connectivity index (χ1v) is 8.71. The van der Waals surface area contributed by atoms with E-state index < -0.39 is 0 Å². The highest BCUT2D eigenvalue weighted by molar-refractivity contribution is 5.94. The van der Waals surface area contributed by atoms with Crippen molar-refractivity contribution in [3.05, 3.63) is 41.9 Å². The van der Waals surface area contributed by atoms with Gasteiger partial charge in [0, 0.05) is 36.8 Å². The first-order chi connectivity index (χ1) is 12.1. The van der Waals surface area contributed by atoms with Crippen molar-refractivity contribution < 1.29 is 14.3 Å². The Bertz CT molecular complexity index is 795. The lowest BCUT2D eigenvalue weighted by molar-refractivity contribution is -0.133. The van der Waals surface area contributed by atoms with Crippen LogP contribution in [0.4, 0.5) is 4.39 Å². The zero-order valence-electron chi connectivity index (χ0n) is 14.6. The molecule has 1 aromatic heterocycles. The van der Waals surface area contributed by atoms with Crippen molar-refractivity contribution in [3.8, 4) is 0 Å². The number of aliphatic hydroxyl groups is 1. The predicted octanol–water partition coefficient (Wildman–Crippen LogP) is 2.14. The van der Waals surface area contributed by atoms with Crippen molar-refractivity contribution in [1.82, 2.24) is 15.2 Å². The maximum atomic E-state index is 14.0. The van der Waals surface area contributed by atoms with Gasteiger partial charge in [0.05, 0.1) is 24.1 Å². The average molecular weight is 345 g/mol. The number of aromatic nitrogens is 1. The van der Waals surface area contributed by atoms with E-state index in [4.69, 9.17) is 0 Å². The second-order valence-electron chi connectivity index (χ2n) is 6.24. The Kier molecular flexibility index (Phi) is 5.20. The number of H-pyrrole nitrogens is 1. The Morgan fingerprint density at radius 1 is 1.32 bits per heavy atom. The number of carbonyl (C=O) groups excluding carboxylic acids is 1. The van der Waals surface area contributed by atoms with Crippen molar-refractivity contribution in [1.29, 1.82) is 0 Å². The molecule has 0 aliphatic carbocycles. The van der Waals surface area contributed by atoms with Crippen molar-refractivity contribution >= 4 is 22.4 Å². The van der Waals surface area contributed by atoms with Gasteiger partial charge >= 0.3 is 0 Å². The quantitative estimate of drug-likeness (QED) is 0.778. The smallest absolute Gasteiger partial charge is 0.230 e. The molecule has 1 amide bonds. The summed E-state index contributed by atoms with van der Waals surface area (Å²) in [5.41, 5.74) is 2.32. The summed E-state index contributed by atoms with van der Waals surface area (Å²) < 4.78 is 14.0. The normalized spacial score (nSPS) is 20.6. The van der Waals surface area contributed by atoms with Crippen molar-refractivity contribution in [2.75, 3.05) is 26.2 Å². The fourth-order valence-electron chi connectivity index (χ4n) is 3.50. The van der Waals surface area contributed by atoms with E-state index in [-0.39, 0.29) is 30.3 Å². The zero-order chi connectivity index (χ0) is 18.0. The Hall–Kier alpha value is -2.18. The second-order valence-corrected chi connectivity index (χ2v) is 6.24. The number of hydrogen-bond donors (Lipinski definition) is 3. The van der Waals surface area contributed by atoms with Crippen molar-refractivity contribution in [3.63, 3.8) is 0 Å². The third kappa shape index (κ3) is 3.19. The topological polar surface area (TPSA) is 68.4 Å². The molecule has 3 N–H and O–H groups in total. The van der Waals surface area contributed by atoms with Crippen LogP contribution in [0.2, 0.25) is 0 Å². The van der Waals surface area contributed by atoms with E-state index in [1.54, 1.807) is 23.2 Å². The summed E-state index contributed by atoms with van der Waals surface area (Å²) in [6.07, 6.45) is 3.62. The molecule has 1 aliphatic rings. The molecule has 2 unspecified atom stereocenters. The van der Waals surface area contributed by atoms with E-state index in [1.165, 1.54) is 6.07 Å². The van der Waals surface area contributed by atoms with Crippen LogP contribution in [0, 0.1) is 11.7 Å². The van der Waals surface area contributed by atoms with Gasteiger partial charge in [0.15, 0.2) is 0 Å². The van der Waals surface area contributed by atoms with E-state index in [2.05, 4.69) is 10.3 Å². The monoisotopic (exact) mass is 345 g/mol. The molecule has 2 heterocycles. The van der Waals surface area contributed by atoms with Gasteiger partial charge in [-0.05, 0) is 37.6 Å². The van der Waals surface area contributed by atoms with E-state index in [1.807, 2.05) is 19.9 Å². The molecular weight excluding hydrogens is 321 g/mol. The van der Waals surface area contributed by atoms with Crippen LogP contribution in [-0.2, 0) is 4.79 Å². The Morgan fingerprint density at radius 2 is 2.08 bits per heavy atom. The number of benzene rings is 1. The molecule has 3 rings (SSSR count). The summed E-state index contributed by atoms with van der Waals surface area (Å²) >= 11 is 0. The summed E-state index contributed by atoms with van der Waals surface area (Å²) in [6, 6.07) is 4.54. The van der Waals surface area contributed by atoms with Gasteiger partial charge in [0.25, 0.3) is 0 Å². The number of hydrogen-bond acceptors (Lipinski definition) is 3. The molecule has 0 radical (unpaired) electrons. The van der Waals surface area contributed by atoms with E-state index in [0.29, 0.717) is 30.5 Å². The van der Waals surface area contributed by atoms with Gasteiger partial charge in [-0.1, -0.05) is 6.08 Å². The van der Waals surface area contributed by atoms with Gasteiger partial charge in [-0.15, -0.1) is 0 Å². The Balaban J connectivity index is 2.05. The minimum atomic E-state index is -0.298. The van der Waals surface area contributed by atoms with E-state index in [9.17, 15) is 14.3 Å². The standard InChI is InChI=1S/C19H24FN3O2/c1-3-23(4-2)19(25)12-9-15(17(11-24)22-10-12)13-5-6-16(20)14-7-8-21-18(13)14/h5-9,12,17,21-22,24H,3-4,10-11H2,1-2H3. The molecule has 0 saturated heterocycles. The second kappa shape index (κ2) is 7.37. The fourth-order valence-corrected chi connectivity index (χ4v) is 3.50. The first kappa shape index (κ1) is 17.6. The minimum absolute atomic E-state index is 0.0660. The average Bonchev–Trinajstić information content (AvgIpc) is 3.13. The van der Waals surface area contributed by atoms with Crippen LogP contribution in [0.5, 0.6) is 0 Å². The van der Waals surface area contributed by atoms with Crippen LogP contribution < -0.4 is 5.32 Å². The summed E-state index contributed by atoms with van der Waals surface area (Å²) in [5, 5.41) is 13.5. The van der Waals surface area contributed by atoms with Gasteiger partial charge in [0.1, 0.15) is 5.82 Å². The highest BCUT2D eigenvalue weighted by Gasteiger charge is 2.29. The lowest BCUT2D eigenvalue weighted by atomic mass is 9.89. The number of aromatic amines is 1. The molecule has 1 aliphatic heterocycles. The number of fused-ring (bicyclic) bond motifs is 1. The van der Waals surface area contributed by atoms with Gasteiger partial charge in [-0.25, -0.2) is 4.39 Å². The summed E-state index contributed by atoms with van der Waals surface area (Å²) in [5.74, 6) is -0.523. The molecule has 1 aromatic carbocycles. The lowest BCUT2D eigenvalue weighted by Crippen LogP contribution is -2.46. The van der Waals surface area contributed by atoms with E-state index in [0.717, 1.165) is 11.1 Å². The molecule has 0 spiro atoms. The van der Waals surface area contributed by atoms with Crippen LogP contribution in [-0.4, -0.2) is 53.2 Å². The van der Waals surface area contributed by atoms with Crippen LogP contribution in [0.15, 0.2) is 30.5 Å². The third-order valence-electron chi connectivity index (χ3n) is 4.90. The van der Waals surface area contributed by atoms with Crippen LogP contribution >= 0.6 is 0 Å². The molecule has 6 heteroatoms. The molecule has 2 aromatic rings. The molecular formula is C19H24FN3O2. The molecule has 2 atom stereocenters. The molecule has 0 saturated carbocycles.